The first kappa shape index (κ1) is 21.6. The molecule has 0 spiro atoms. The van der Waals surface area contributed by atoms with Gasteiger partial charge in [0.25, 0.3) is 0 Å². The first-order valence-corrected chi connectivity index (χ1v) is 4.92. The van der Waals surface area contributed by atoms with E-state index in [2.05, 4.69) is 10.3 Å². The van der Waals surface area contributed by atoms with E-state index in [0.29, 0.717) is 11.4 Å². The second-order valence-corrected chi connectivity index (χ2v) is 4.81. The summed E-state index contributed by atoms with van der Waals surface area (Å²) in [6.45, 7) is 10.5. The Balaban J connectivity index is -0.000000218. The summed E-state index contributed by atoms with van der Waals surface area (Å²) < 4.78 is 0. The van der Waals surface area contributed by atoms with Crippen LogP contribution in [0.15, 0.2) is 10.3 Å². The van der Waals surface area contributed by atoms with Gasteiger partial charge < -0.3 is 21.9 Å². The van der Waals surface area contributed by atoms with Gasteiger partial charge in [-0.2, -0.15) is 0 Å². The van der Waals surface area contributed by atoms with Crippen molar-refractivity contribution in [2.45, 2.75) is 52.6 Å². The Bertz CT molecular complexity index is 236. The van der Waals surface area contributed by atoms with Crippen LogP contribution in [0.1, 0.15) is 41.5 Å². The molecule has 0 aliphatic rings. The molecule has 6 N–H and O–H groups in total. The fourth-order valence-electron chi connectivity index (χ4n) is 0.258. The van der Waals surface area contributed by atoms with Gasteiger partial charge >= 0.3 is 16.5 Å². The quantitative estimate of drug-likeness (QED) is 0.264. The van der Waals surface area contributed by atoms with E-state index in [-0.39, 0.29) is 16.5 Å². The summed E-state index contributed by atoms with van der Waals surface area (Å²) in [5.74, 6) is 0. The van der Waals surface area contributed by atoms with E-state index in [1.165, 1.54) is 0 Å². The van der Waals surface area contributed by atoms with Crippen molar-refractivity contribution in [2.75, 3.05) is 0 Å². The molecule has 0 aromatic heterocycles. The van der Waals surface area contributed by atoms with E-state index in [4.69, 9.17) is 21.9 Å². The minimum atomic E-state index is -0.491. The van der Waals surface area contributed by atoms with Crippen LogP contribution in [0.3, 0.4) is 0 Å². The molecule has 0 saturated heterocycles. The number of nitrogens with two attached hydrogens (primary N) is 2. The first-order valence-electron chi connectivity index (χ1n) is 4.92. The van der Waals surface area contributed by atoms with Gasteiger partial charge in [0, 0.05) is 0 Å². The number of oxime groups is 2. The molecule has 0 aliphatic heterocycles. The largest absolute Gasteiger partial charge is 3.00 e. The van der Waals surface area contributed by atoms with E-state index >= 15 is 0 Å². The van der Waals surface area contributed by atoms with Gasteiger partial charge in [-0.25, -0.2) is 0 Å². The fraction of sp³-hybridized carbons (Fsp3) is 0.800. The van der Waals surface area contributed by atoms with Crippen LogP contribution in [-0.4, -0.2) is 32.9 Å². The molecule has 7 heteroatoms. The zero-order chi connectivity index (χ0) is 13.6. The smallest absolute Gasteiger partial charge is 0.411 e. The Morgan fingerprint density at radius 3 is 1.00 bits per heavy atom. The molecule has 17 heavy (non-hydrogen) atoms. The average Bonchev–Trinajstić information content (AvgIpc) is 2.13. The molecule has 0 saturated carbocycles. The SMILES string of the molecule is CC(=NO)C(C)(C)N.CC(=NO)C(C)(C)N.[Ni+3]. The summed E-state index contributed by atoms with van der Waals surface area (Å²) in [7, 11) is 0. The Morgan fingerprint density at radius 1 is 0.824 bits per heavy atom. The summed E-state index contributed by atoms with van der Waals surface area (Å²) in [5, 5.41) is 22.3. The maximum Gasteiger partial charge on any atom is 3.00 e. The van der Waals surface area contributed by atoms with Crippen molar-refractivity contribution in [3.05, 3.63) is 0 Å². The second-order valence-electron chi connectivity index (χ2n) is 4.81. The van der Waals surface area contributed by atoms with Crippen LogP contribution in [0, 0.1) is 0 Å². The zero-order valence-corrected chi connectivity index (χ0v) is 12.2. The van der Waals surface area contributed by atoms with E-state index in [1.54, 1.807) is 41.5 Å². The monoisotopic (exact) mass is 290 g/mol. The minimum absolute atomic E-state index is 0. The molecule has 1 radical (unpaired) electrons. The number of nitrogens with zero attached hydrogens (tertiary/aromatic N) is 2. The molecule has 0 aromatic rings. The number of rotatable bonds is 2. The summed E-state index contributed by atoms with van der Waals surface area (Å²) in [6, 6.07) is 0. The molecule has 0 amide bonds. The van der Waals surface area contributed by atoms with E-state index in [9.17, 15) is 0 Å². The van der Waals surface area contributed by atoms with Gasteiger partial charge in [-0.05, 0) is 41.5 Å². The van der Waals surface area contributed by atoms with E-state index < -0.39 is 11.1 Å². The van der Waals surface area contributed by atoms with Crippen LogP contribution >= 0.6 is 0 Å². The first-order chi connectivity index (χ1) is 6.96. The zero-order valence-electron chi connectivity index (χ0n) is 11.3. The third-order valence-corrected chi connectivity index (χ3v) is 2.16. The van der Waals surface area contributed by atoms with Crippen molar-refractivity contribution in [3.63, 3.8) is 0 Å². The van der Waals surface area contributed by atoms with Gasteiger partial charge in [-0.1, -0.05) is 10.3 Å². The molecule has 0 heterocycles. The topological polar surface area (TPSA) is 117 Å². The summed E-state index contributed by atoms with van der Waals surface area (Å²) in [4.78, 5) is 0. The summed E-state index contributed by atoms with van der Waals surface area (Å²) >= 11 is 0. The van der Waals surface area contributed by atoms with Gasteiger partial charge in [0.1, 0.15) is 0 Å². The maximum absolute atomic E-state index is 8.18. The van der Waals surface area contributed by atoms with Crippen molar-refractivity contribution in [1.29, 1.82) is 0 Å². The molecule has 103 valence electrons. The van der Waals surface area contributed by atoms with Crippen molar-refractivity contribution < 1.29 is 26.9 Å². The van der Waals surface area contributed by atoms with Gasteiger partial charge in [0.05, 0.1) is 22.5 Å². The van der Waals surface area contributed by atoms with Crippen molar-refractivity contribution in [2.24, 2.45) is 21.8 Å². The van der Waals surface area contributed by atoms with Crippen molar-refractivity contribution in [1.82, 2.24) is 0 Å². The number of hydrogen-bond acceptors (Lipinski definition) is 6. The Morgan fingerprint density at radius 2 is 1.00 bits per heavy atom. The molecular formula is C10H24N4NiO2+3. The second kappa shape index (κ2) is 8.45. The predicted molar refractivity (Wildman–Crippen MR) is 66.3 cm³/mol. The normalized spacial score (nSPS) is 13.4. The Labute approximate surface area is 113 Å². The predicted octanol–water partition coefficient (Wildman–Crippen LogP) is 1.15. The maximum atomic E-state index is 8.18. The minimum Gasteiger partial charge on any atom is -0.411 e. The van der Waals surface area contributed by atoms with Gasteiger partial charge in [-0.3, -0.25) is 0 Å². The van der Waals surface area contributed by atoms with Crippen LogP contribution in [-0.2, 0) is 16.5 Å². The molecule has 0 aromatic carbocycles. The van der Waals surface area contributed by atoms with Crippen LogP contribution in [0.5, 0.6) is 0 Å². The molecule has 0 bridgehead atoms. The third-order valence-electron chi connectivity index (χ3n) is 2.16. The van der Waals surface area contributed by atoms with Gasteiger partial charge in [0.15, 0.2) is 0 Å². The molecule has 0 atom stereocenters. The van der Waals surface area contributed by atoms with Gasteiger partial charge in [0.2, 0.25) is 0 Å². The summed E-state index contributed by atoms with van der Waals surface area (Å²) in [5.41, 5.74) is 11.1. The van der Waals surface area contributed by atoms with E-state index in [1.807, 2.05) is 0 Å². The average molecular weight is 291 g/mol. The van der Waals surface area contributed by atoms with Crippen LogP contribution in [0.2, 0.25) is 0 Å². The molecule has 6 nitrogen and oxygen atoms in total. The van der Waals surface area contributed by atoms with Gasteiger partial charge in [-0.15, -0.1) is 0 Å². The molecular weight excluding hydrogens is 267 g/mol. The molecule has 0 fully saturated rings. The summed E-state index contributed by atoms with van der Waals surface area (Å²) in [6.07, 6.45) is 0. The van der Waals surface area contributed by atoms with Crippen LogP contribution in [0.25, 0.3) is 0 Å². The third kappa shape index (κ3) is 11.6. The van der Waals surface area contributed by atoms with Crippen molar-refractivity contribution >= 4 is 11.4 Å². The standard InChI is InChI=1S/2C5H12N2O.Ni/c2*1-4(7-8)5(2,3)6;/h2*8H,6H2,1-3H3;/q;;+3. The van der Waals surface area contributed by atoms with Crippen molar-refractivity contribution in [3.8, 4) is 0 Å². The molecule has 0 rings (SSSR count). The molecule has 0 aliphatic carbocycles. The Kier molecular flexibility index (Phi) is 10.7. The fourth-order valence-corrected chi connectivity index (χ4v) is 0.258. The molecule has 0 unspecified atom stereocenters. The number of hydrogen-bond donors (Lipinski definition) is 4. The van der Waals surface area contributed by atoms with Crippen LogP contribution < -0.4 is 11.5 Å². The Hall–Kier alpha value is -0.646. The van der Waals surface area contributed by atoms with Crippen LogP contribution in [0.4, 0.5) is 0 Å². The van der Waals surface area contributed by atoms with E-state index in [0.717, 1.165) is 0 Å².